The molecule has 0 N–H and O–H groups in total. The van der Waals surface area contributed by atoms with Crippen molar-refractivity contribution in [2.24, 2.45) is 0 Å². The molecular weight excluding hydrogens is 492 g/mol. The molecule has 39 heavy (non-hydrogen) atoms. The fraction of sp³-hybridized carbons (Fsp3) is 0.0571. The van der Waals surface area contributed by atoms with Crippen LogP contribution in [0.3, 0.4) is 0 Å². The highest BCUT2D eigenvalue weighted by molar-refractivity contribution is 7.01. The Morgan fingerprint density at radius 3 is 1.56 bits per heavy atom. The van der Waals surface area contributed by atoms with Crippen molar-refractivity contribution in [2.75, 3.05) is 0 Å². The Morgan fingerprint density at radius 1 is 0.538 bits per heavy atom. The molecule has 2 aliphatic rings. The Hall–Kier alpha value is -4.67. The van der Waals surface area contributed by atoms with Crippen LogP contribution in [0, 0.1) is 0 Å². The Balaban J connectivity index is 1.41. The first-order valence-corrected chi connectivity index (χ1v) is 16.4. The number of para-hydroxylation sites is 1. The lowest BCUT2D eigenvalue weighted by atomic mass is 9.82. The number of fused-ring (bicyclic) bond motifs is 10. The van der Waals surface area contributed by atoms with Gasteiger partial charge in [-0.05, 0) is 50.7 Å². The summed E-state index contributed by atoms with van der Waals surface area (Å²) in [5, 5.41) is 2.55. The molecule has 2 aromatic heterocycles. The van der Waals surface area contributed by atoms with E-state index in [0.717, 1.165) is 17.3 Å². The number of benzene rings is 4. The van der Waals surface area contributed by atoms with Crippen LogP contribution in [-0.4, -0.2) is 17.6 Å². The summed E-state index contributed by atoms with van der Waals surface area (Å²) in [6.45, 7) is 4.77. The van der Waals surface area contributed by atoms with Gasteiger partial charge in [0, 0.05) is 34.9 Å². The number of pyridine rings is 1. The van der Waals surface area contributed by atoms with Gasteiger partial charge < -0.3 is 9.30 Å². The van der Waals surface area contributed by atoms with Gasteiger partial charge in [-0.25, -0.2) is 4.98 Å². The average molecular weight is 519 g/mol. The van der Waals surface area contributed by atoms with E-state index in [9.17, 15) is 0 Å². The molecule has 3 nitrogen and oxygen atoms in total. The second kappa shape index (κ2) is 8.16. The quantitative estimate of drug-likeness (QED) is 0.208. The first-order valence-electron chi connectivity index (χ1n) is 13.4. The SMILES string of the molecule is C[Si]1(C)c2cccnc2Oc2c(-n3cc4c(c3)-c3ccccc3-c3ccccc3-c3ccccc3-4)cccc21. The average Bonchev–Trinajstić information content (AvgIpc) is 3.41. The number of ether oxygens (including phenoxy) is 1. The van der Waals surface area contributed by atoms with Gasteiger partial charge in [-0.1, -0.05) is 104 Å². The van der Waals surface area contributed by atoms with Gasteiger partial charge in [0.1, 0.15) is 8.07 Å². The van der Waals surface area contributed by atoms with Crippen LogP contribution in [0.25, 0.3) is 50.2 Å². The normalized spacial score (nSPS) is 13.8. The predicted molar refractivity (Wildman–Crippen MR) is 162 cm³/mol. The number of hydrogen-bond acceptors (Lipinski definition) is 2. The second-order valence-electron chi connectivity index (χ2n) is 10.9. The molecule has 6 aromatic rings. The molecule has 0 saturated carbocycles. The summed E-state index contributed by atoms with van der Waals surface area (Å²) in [5.74, 6) is 1.67. The van der Waals surface area contributed by atoms with Crippen molar-refractivity contribution in [1.82, 2.24) is 9.55 Å². The van der Waals surface area contributed by atoms with Crippen LogP contribution in [0.5, 0.6) is 11.6 Å². The third-order valence-electron chi connectivity index (χ3n) is 8.36. The van der Waals surface area contributed by atoms with E-state index in [4.69, 9.17) is 4.74 Å². The maximum absolute atomic E-state index is 6.57. The minimum atomic E-state index is -1.98. The van der Waals surface area contributed by atoms with E-state index in [1.807, 2.05) is 12.3 Å². The highest BCUT2D eigenvalue weighted by atomic mass is 28.3. The fourth-order valence-corrected chi connectivity index (χ4v) is 9.11. The van der Waals surface area contributed by atoms with E-state index >= 15 is 0 Å². The van der Waals surface area contributed by atoms with Crippen LogP contribution in [-0.2, 0) is 0 Å². The van der Waals surface area contributed by atoms with Gasteiger partial charge in [0.05, 0.1) is 5.69 Å². The van der Waals surface area contributed by atoms with E-state index in [2.05, 4.69) is 132 Å². The molecule has 0 bridgehead atoms. The van der Waals surface area contributed by atoms with E-state index in [1.165, 1.54) is 54.9 Å². The molecule has 0 atom stereocenters. The summed E-state index contributed by atoms with van der Waals surface area (Å²) in [5.41, 5.74) is 11.0. The van der Waals surface area contributed by atoms with Gasteiger partial charge in [0.25, 0.3) is 0 Å². The number of nitrogens with zero attached hydrogens (tertiary/aromatic N) is 2. The molecule has 0 fully saturated rings. The summed E-state index contributed by atoms with van der Waals surface area (Å²) >= 11 is 0. The fourth-order valence-electron chi connectivity index (χ4n) is 6.40. The van der Waals surface area contributed by atoms with Crippen molar-refractivity contribution in [1.29, 1.82) is 0 Å². The van der Waals surface area contributed by atoms with Crippen molar-refractivity contribution >= 4 is 18.4 Å². The molecule has 0 radical (unpaired) electrons. The second-order valence-corrected chi connectivity index (χ2v) is 15.2. The van der Waals surface area contributed by atoms with Crippen LogP contribution >= 0.6 is 0 Å². The monoisotopic (exact) mass is 518 g/mol. The molecule has 0 saturated heterocycles. The van der Waals surface area contributed by atoms with Crippen molar-refractivity contribution < 1.29 is 4.74 Å². The van der Waals surface area contributed by atoms with Gasteiger partial charge in [-0.15, -0.1) is 0 Å². The summed E-state index contributed by atoms with van der Waals surface area (Å²) in [6.07, 6.45) is 6.38. The van der Waals surface area contributed by atoms with Gasteiger partial charge in [-0.3, -0.25) is 0 Å². The van der Waals surface area contributed by atoms with Gasteiger partial charge in [-0.2, -0.15) is 0 Å². The van der Waals surface area contributed by atoms with Gasteiger partial charge in [0.15, 0.2) is 5.75 Å². The number of aromatic nitrogens is 2. The van der Waals surface area contributed by atoms with Crippen LogP contribution < -0.4 is 15.1 Å². The Morgan fingerprint density at radius 2 is 1.03 bits per heavy atom. The molecule has 1 aliphatic heterocycles. The zero-order valence-electron chi connectivity index (χ0n) is 21.8. The van der Waals surface area contributed by atoms with Crippen molar-refractivity contribution in [2.45, 2.75) is 13.1 Å². The maximum atomic E-state index is 6.57. The van der Waals surface area contributed by atoms with Crippen LogP contribution in [0.1, 0.15) is 0 Å². The van der Waals surface area contributed by atoms with Crippen molar-refractivity contribution in [3.8, 4) is 61.8 Å². The van der Waals surface area contributed by atoms with Gasteiger partial charge >= 0.3 is 0 Å². The Kier molecular flexibility index (Phi) is 4.67. The van der Waals surface area contributed by atoms with E-state index in [0.29, 0.717) is 0 Å². The molecule has 8 rings (SSSR count). The lowest BCUT2D eigenvalue weighted by Gasteiger charge is -2.33. The first kappa shape index (κ1) is 22.3. The molecule has 0 unspecified atom stereocenters. The summed E-state index contributed by atoms with van der Waals surface area (Å²) in [6, 6.07) is 37.1. The molecule has 0 spiro atoms. The van der Waals surface area contributed by atoms with E-state index < -0.39 is 8.07 Å². The summed E-state index contributed by atoms with van der Waals surface area (Å²) in [7, 11) is -1.98. The zero-order valence-corrected chi connectivity index (χ0v) is 22.8. The molecular formula is C35H26N2OSi. The Labute approximate surface area is 229 Å². The molecule has 186 valence electrons. The largest absolute Gasteiger partial charge is 0.437 e. The lowest BCUT2D eigenvalue weighted by Crippen LogP contribution is -2.56. The molecule has 3 heterocycles. The summed E-state index contributed by atoms with van der Waals surface area (Å²) < 4.78 is 8.83. The zero-order chi connectivity index (χ0) is 26.1. The highest BCUT2D eigenvalue weighted by Gasteiger charge is 2.38. The standard InChI is InChI=1S/C35H26N2OSi/c1-39(2)32-18-9-17-31(34(32)38-35-33(39)19-10-20-36-35)37-21-29-27-15-7-5-13-25(27)23-11-3-4-12-24(23)26-14-6-8-16-28(26)30(29)22-37/h3-22H,1-2H3. The molecule has 1 aliphatic carbocycles. The minimum absolute atomic E-state index is 0.741. The third kappa shape index (κ3) is 3.19. The smallest absolute Gasteiger partial charge is 0.218 e. The van der Waals surface area contributed by atoms with E-state index in [-0.39, 0.29) is 0 Å². The minimum Gasteiger partial charge on any atom is -0.437 e. The summed E-state index contributed by atoms with van der Waals surface area (Å²) in [4.78, 5) is 4.62. The maximum Gasteiger partial charge on any atom is 0.218 e. The number of rotatable bonds is 1. The van der Waals surface area contributed by atoms with Crippen molar-refractivity contribution in [3.05, 3.63) is 122 Å². The van der Waals surface area contributed by atoms with Crippen LogP contribution in [0.15, 0.2) is 122 Å². The first-order chi connectivity index (χ1) is 19.1. The van der Waals surface area contributed by atoms with Gasteiger partial charge in [0.2, 0.25) is 5.88 Å². The van der Waals surface area contributed by atoms with E-state index in [1.54, 1.807) is 0 Å². The van der Waals surface area contributed by atoms with Crippen LogP contribution in [0.2, 0.25) is 13.1 Å². The third-order valence-corrected chi connectivity index (χ3v) is 11.8. The molecule has 4 aromatic carbocycles. The highest BCUT2D eigenvalue weighted by Crippen LogP contribution is 2.48. The molecule has 4 heteroatoms. The molecule has 0 amide bonds. The Bertz CT molecular complexity index is 1850. The lowest BCUT2D eigenvalue weighted by molar-refractivity contribution is 0.464. The topological polar surface area (TPSA) is 27.1 Å². The van der Waals surface area contributed by atoms with Crippen LogP contribution in [0.4, 0.5) is 0 Å². The number of hydrogen-bond donors (Lipinski definition) is 0. The van der Waals surface area contributed by atoms with Crippen molar-refractivity contribution in [3.63, 3.8) is 0 Å². The predicted octanol–water partition coefficient (Wildman–Crippen LogP) is 7.78.